The first kappa shape index (κ1) is 45.0. The van der Waals surface area contributed by atoms with Crippen LogP contribution in [0, 0.1) is 34.6 Å². The van der Waals surface area contributed by atoms with Gasteiger partial charge in [0.2, 0.25) is 0 Å². The van der Waals surface area contributed by atoms with Gasteiger partial charge in [0.1, 0.15) is 23.3 Å². The van der Waals surface area contributed by atoms with E-state index in [0.717, 1.165) is 28.8 Å². The van der Waals surface area contributed by atoms with E-state index in [1.165, 1.54) is 66.5 Å². The minimum atomic E-state index is -4.21. The lowest BCUT2D eigenvalue weighted by atomic mass is 10.0. The molecule has 4 heterocycles. The summed E-state index contributed by atoms with van der Waals surface area (Å²) in [6.07, 6.45) is 5.02. The number of nitrogens with one attached hydrogen (secondary N) is 1. The van der Waals surface area contributed by atoms with Gasteiger partial charge in [-0.2, -0.15) is 22.1 Å². The predicted molar refractivity (Wildman–Crippen MR) is 206 cm³/mol. The second-order valence-corrected chi connectivity index (χ2v) is 17.1. The maximum Gasteiger partial charge on any atom is 0.311 e. The van der Waals surface area contributed by atoms with Crippen molar-refractivity contribution in [2.45, 2.75) is 45.1 Å². The molecule has 0 fully saturated rings. The molecule has 0 saturated heterocycles. The second kappa shape index (κ2) is 17.8. The second-order valence-electron chi connectivity index (χ2n) is 12.1. The number of benzene rings is 2. The van der Waals surface area contributed by atoms with Gasteiger partial charge < -0.3 is 13.4 Å². The van der Waals surface area contributed by atoms with E-state index in [1.807, 2.05) is 0 Å². The number of aryl methyl sites for hydroxylation is 1. The molecule has 0 aliphatic rings. The average molecular weight is 887 g/mol. The number of fused-ring (bicyclic) bond motifs is 2. The van der Waals surface area contributed by atoms with Crippen LogP contribution in [0.1, 0.15) is 34.6 Å². The molecule has 0 amide bonds. The van der Waals surface area contributed by atoms with Gasteiger partial charge in [-0.1, -0.05) is 23.2 Å². The fourth-order valence-electron chi connectivity index (χ4n) is 4.75. The van der Waals surface area contributed by atoms with E-state index in [4.69, 9.17) is 36.8 Å². The first-order chi connectivity index (χ1) is 27.1. The third-order valence-corrected chi connectivity index (χ3v) is 11.5. The Kier molecular flexibility index (Phi) is 13.9. The number of hydrogen-bond acceptors (Lipinski definition) is 13. The molecule has 0 unspecified atom stereocenters. The summed E-state index contributed by atoms with van der Waals surface area (Å²) >= 11 is 11.8. The molecule has 0 aliphatic carbocycles. The molecule has 58 heavy (non-hydrogen) atoms. The number of aromatic amines is 1. The monoisotopic (exact) mass is 885 g/mol. The topological polar surface area (TPSA) is 217 Å². The molecule has 6 aromatic rings. The van der Waals surface area contributed by atoms with E-state index in [-0.39, 0.29) is 22.3 Å². The third-order valence-electron chi connectivity index (χ3n) is 7.70. The van der Waals surface area contributed by atoms with Crippen LogP contribution in [0.25, 0.3) is 44.6 Å². The molecule has 1 N–H and O–H groups in total. The summed E-state index contributed by atoms with van der Waals surface area (Å²) in [4.78, 5) is 43.7. The van der Waals surface area contributed by atoms with Crippen LogP contribution in [0.5, 0.6) is 11.5 Å². The number of halogens is 6. The molecule has 2 aromatic carbocycles. The van der Waals surface area contributed by atoms with Crippen molar-refractivity contribution in [1.29, 1.82) is 5.26 Å². The largest absolute Gasteiger partial charge is 0.379 e. The summed E-state index contributed by atoms with van der Waals surface area (Å²) in [6.45, 7) is 6.86. The van der Waals surface area contributed by atoms with Crippen molar-refractivity contribution in [2.24, 2.45) is 7.05 Å². The summed E-state index contributed by atoms with van der Waals surface area (Å²) in [5.41, 5.74) is -4.65. The molecule has 15 nitrogen and oxygen atoms in total. The zero-order valence-electron chi connectivity index (χ0n) is 30.8. The van der Waals surface area contributed by atoms with E-state index in [9.17, 15) is 44.0 Å². The van der Waals surface area contributed by atoms with Crippen molar-refractivity contribution in [3.05, 3.63) is 103 Å². The number of hydrogen-bond donors (Lipinski definition) is 1. The molecule has 0 saturated carbocycles. The minimum Gasteiger partial charge on any atom is -0.379 e. The Balaban J connectivity index is 0.000000241. The van der Waals surface area contributed by atoms with Crippen LogP contribution >= 0.6 is 23.2 Å². The zero-order valence-corrected chi connectivity index (χ0v) is 34.0. The van der Waals surface area contributed by atoms with Gasteiger partial charge in [-0.15, -0.1) is 0 Å². The Morgan fingerprint density at radius 2 is 1.09 bits per heavy atom. The molecule has 23 heteroatoms. The fraction of sp³-hybridized carbons (Fsp3) is 0.229. The summed E-state index contributed by atoms with van der Waals surface area (Å²) in [5.74, 6) is -5.20. The van der Waals surface area contributed by atoms with E-state index in [2.05, 4.69) is 24.9 Å². The number of rotatable bonds is 8. The van der Waals surface area contributed by atoms with Crippen LogP contribution in [0.3, 0.4) is 0 Å². The summed E-state index contributed by atoms with van der Waals surface area (Å²) in [6, 6.07) is 4.86. The Morgan fingerprint density at radius 3 is 1.57 bits per heavy atom. The highest BCUT2D eigenvalue weighted by atomic mass is 35.5. The summed E-state index contributed by atoms with van der Waals surface area (Å²) < 4.78 is 117. The van der Waals surface area contributed by atoms with Gasteiger partial charge >= 0.3 is 20.2 Å². The van der Waals surface area contributed by atoms with Crippen LogP contribution in [-0.4, -0.2) is 56.8 Å². The molecule has 4 aromatic heterocycles. The van der Waals surface area contributed by atoms with E-state index >= 15 is 0 Å². The van der Waals surface area contributed by atoms with Crippen LogP contribution in [-0.2, 0) is 27.3 Å². The normalized spacial score (nSPS) is 11.5. The van der Waals surface area contributed by atoms with E-state index in [1.54, 1.807) is 6.07 Å². The van der Waals surface area contributed by atoms with Gasteiger partial charge in [0.25, 0.3) is 11.1 Å². The molecule has 0 bridgehead atoms. The smallest absolute Gasteiger partial charge is 0.311 e. The lowest BCUT2D eigenvalue weighted by molar-refractivity contribution is 0.477. The van der Waals surface area contributed by atoms with Crippen LogP contribution in [0.2, 0.25) is 10.0 Å². The zero-order chi connectivity index (χ0) is 43.4. The molecular weight excluding hydrogens is 857 g/mol. The van der Waals surface area contributed by atoms with E-state index in [0.29, 0.717) is 0 Å². The maximum absolute atomic E-state index is 14.6. The number of nitrogens with zero attached hydrogens (tertiary/aromatic N) is 6. The van der Waals surface area contributed by atoms with Crippen molar-refractivity contribution in [3.8, 4) is 39.8 Å². The molecule has 0 radical (unpaired) electrons. The number of aromatic nitrogens is 6. The van der Waals surface area contributed by atoms with Crippen molar-refractivity contribution >= 4 is 65.8 Å². The minimum absolute atomic E-state index is 0.00172. The first-order valence-electron chi connectivity index (χ1n) is 16.3. The lowest BCUT2D eigenvalue weighted by Gasteiger charge is -2.17. The Bertz CT molecular complexity index is 2960. The van der Waals surface area contributed by atoms with Gasteiger partial charge in [0.05, 0.1) is 37.7 Å². The van der Waals surface area contributed by atoms with Crippen molar-refractivity contribution in [1.82, 2.24) is 29.5 Å². The Labute approximate surface area is 337 Å². The molecule has 0 aliphatic heterocycles. The Morgan fingerprint density at radius 1 is 0.690 bits per heavy atom. The SMILES string of the molecule is CC#N.CC(C)S(=O)(=O)Oc1c(-c2c(F)ccc(F)c2Cl)c(=O)[nH]c2nccnc12.CC(C)S(=O)(=O)Oc1c(-c2c(F)ccc(F)c2Cl)c(=O)n(C)c2nccnc12. The maximum atomic E-state index is 14.6. The van der Waals surface area contributed by atoms with Crippen LogP contribution in [0.15, 0.2) is 58.6 Å². The molecular formula is C35H29Cl2F4N7O8S2. The van der Waals surface area contributed by atoms with Crippen molar-refractivity contribution in [3.63, 3.8) is 0 Å². The van der Waals surface area contributed by atoms with Crippen molar-refractivity contribution < 1.29 is 42.8 Å². The number of H-pyrrole nitrogens is 1. The fourth-order valence-corrected chi connectivity index (χ4v) is 6.42. The third kappa shape index (κ3) is 9.04. The molecule has 306 valence electrons. The van der Waals surface area contributed by atoms with Crippen LogP contribution < -0.4 is 19.5 Å². The highest BCUT2D eigenvalue weighted by Crippen LogP contribution is 2.41. The first-order valence-corrected chi connectivity index (χ1v) is 20.0. The summed E-state index contributed by atoms with van der Waals surface area (Å²) in [7, 11) is -7.09. The number of nitriles is 1. The molecule has 0 spiro atoms. The highest BCUT2D eigenvalue weighted by Gasteiger charge is 2.31. The number of pyridine rings is 2. The van der Waals surface area contributed by atoms with Crippen LogP contribution in [0.4, 0.5) is 17.6 Å². The predicted octanol–water partition coefficient (Wildman–Crippen LogP) is 6.61. The van der Waals surface area contributed by atoms with Gasteiger partial charge in [-0.25, -0.2) is 37.5 Å². The van der Waals surface area contributed by atoms with Gasteiger partial charge in [0, 0.05) is 49.9 Å². The molecule has 0 atom stereocenters. The highest BCUT2D eigenvalue weighted by molar-refractivity contribution is 7.88. The standard InChI is InChI=1S/C17H14ClF2N3O4S.C16H12ClF2N3O4S.C2H3N/c1-8(2)28(25,26)27-15-12(11-9(19)4-5-10(20)13(11)18)17(24)23(3)16-14(15)21-6-7-22-16;1-7(2)27(24,25)26-14-11(10-8(18)3-4-9(19)12(10)17)16(23)22-15-13(14)20-5-6-21-15;1-2-3/h4-8H,1-3H3;3-7H,1-2H3,(H,21,22,23);1H3. The van der Waals surface area contributed by atoms with Gasteiger partial charge in [-0.05, 0) is 52.0 Å². The molecule has 6 rings (SSSR count). The van der Waals surface area contributed by atoms with Gasteiger partial charge in [0.15, 0.2) is 33.8 Å². The van der Waals surface area contributed by atoms with Crippen molar-refractivity contribution in [2.75, 3.05) is 0 Å². The lowest BCUT2D eigenvalue weighted by Crippen LogP contribution is -2.26. The quantitative estimate of drug-likeness (QED) is 0.0969. The average Bonchev–Trinajstić information content (AvgIpc) is 3.16. The summed E-state index contributed by atoms with van der Waals surface area (Å²) in [5, 5.41) is 3.97. The van der Waals surface area contributed by atoms with Gasteiger partial charge in [-0.3, -0.25) is 14.2 Å². The van der Waals surface area contributed by atoms with E-state index < -0.39 is 109 Å². The Hall–Kier alpha value is -5.69.